The lowest BCUT2D eigenvalue weighted by Crippen LogP contribution is -2.21. The largest absolute Gasteiger partial charge is 0.496 e. The molecule has 0 aliphatic heterocycles. The van der Waals surface area contributed by atoms with Crippen LogP contribution in [0.5, 0.6) is 11.5 Å². The molecule has 0 spiro atoms. The molecule has 5 heteroatoms. The predicted octanol–water partition coefficient (Wildman–Crippen LogP) is 6.33. The first kappa shape index (κ1) is 22.4. The summed E-state index contributed by atoms with van der Waals surface area (Å²) in [6, 6.07) is 11.6. The second kappa shape index (κ2) is 9.53. The molecule has 0 radical (unpaired) electrons. The molecular formula is C23H32ClNO3. The minimum Gasteiger partial charge on any atom is -0.496 e. The van der Waals surface area contributed by atoms with E-state index >= 15 is 0 Å². The minimum atomic E-state index is -0.355. The lowest BCUT2D eigenvalue weighted by atomic mass is 9.95. The molecule has 0 aromatic heterocycles. The van der Waals surface area contributed by atoms with Crippen LogP contribution in [0.15, 0.2) is 36.4 Å². The average molecular weight is 406 g/mol. The number of hydrogen-bond acceptors (Lipinski definition) is 4. The number of rotatable bonds is 8. The van der Waals surface area contributed by atoms with Crippen LogP contribution in [0.4, 0.5) is 5.69 Å². The highest BCUT2D eigenvalue weighted by molar-refractivity contribution is 6.31. The Bertz CT molecular complexity index is 784. The molecule has 0 saturated carbocycles. The third-order valence-electron chi connectivity index (χ3n) is 4.20. The van der Waals surface area contributed by atoms with Gasteiger partial charge in [0, 0.05) is 35.9 Å². The maximum absolute atomic E-state index is 6.46. The number of hydrogen-bond donors (Lipinski definition) is 1. The first-order chi connectivity index (χ1) is 13.2. The van der Waals surface area contributed by atoms with Crippen LogP contribution in [0.3, 0.4) is 0 Å². The highest BCUT2D eigenvalue weighted by Crippen LogP contribution is 2.42. The zero-order valence-corrected chi connectivity index (χ0v) is 18.7. The molecule has 1 atom stereocenters. The fourth-order valence-electron chi connectivity index (χ4n) is 3.00. The lowest BCUT2D eigenvalue weighted by molar-refractivity contribution is 0.133. The smallest absolute Gasteiger partial charge is 0.144 e. The summed E-state index contributed by atoms with van der Waals surface area (Å²) in [6.07, 6.45) is -0.333. The fourth-order valence-corrected chi connectivity index (χ4v) is 3.22. The topological polar surface area (TPSA) is 39.7 Å². The molecule has 2 aromatic carbocycles. The highest BCUT2D eigenvalue weighted by Gasteiger charge is 2.25. The summed E-state index contributed by atoms with van der Waals surface area (Å²) in [5.41, 5.74) is 2.84. The van der Waals surface area contributed by atoms with E-state index in [1.54, 1.807) is 14.2 Å². The molecule has 1 N–H and O–H groups in total. The molecule has 4 nitrogen and oxygen atoms in total. The van der Waals surface area contributed by atoms with Crippen molar-refractivity contribution in [3.8, 4) is 11.5 Å². The average Bonchev–Trinajstić information content (AvgIpc) is 2.60. The summed E-state index contributed by atoms with van der Waals surface area (Å²) in [4.78, 5) is 0. The summed E-state index contributed by atoms with van der Waals surface area (Å²) in [6.45, 7) is 11.3. The van der Waals surface area contributed by atoms with Crippen LogP contribution in [0.25, 0.3) is 0 Å². The summed E-state index contributed by atoms with van der Waals surface area (Å²) in [7, 11) is 3.35. The SMILES string of the molecule is COc1ccccc1[C@@H](OC)c1cc(Cl)cc(OC(C)C)c1NCC(C)(C)C. The third kappa shape index (κ3) is 5.79. The van der Waals surface area contributed by atoms with E-state index in [2.05, 4.69) is 26.1 Å². The van der Waals surface area contributed by atoms with Crippen molar-refractivity contribution < 1.29 is 14.2 Å². The van der Waals surface area contributed by atoms with E-state index in [9.17, 15) is 0 Å². The van der Waals surface area contributed by atoms with E-state index in [0.29, 0.717) is 5.02 Å². The first-order valence-corrected chi connectivity index (χ1v) is 9.93. The second-order valence-corrected chi connectivity index (χ2v) is 8.74. The predicted molar refractivity (Wildman–Crippen MR) is 117 cm³/mol. The van der Waals surface area contributed by atoms with Crippen LogP contribution in [-0.4, -0.2) is 26.9 Å². The van der Waals surface area contributed by atoms with Crippen molar-refractivity contribution in [3.05, 3.63) is 52.5 Å². The van der Waals surface area contributed by atoms with Crippen LogP contribution in [0, 0.1) is 5.41 Å². The molecule has 0 aliphatic rings. The van der Waals surface area contributed by atoms with Crippen molar-refractivity contribution in [2.24, 2.45) is 5.41 Å². The van der Waals surface area contributed by atoms with Gasteiger partial charge in [0.05, 0.1) is 18.9 Å². The van der Waals surface area contributed by atoms with Crippen molar-refractivity contribution in [3.63, 3.8) is 0 Å². The van der Waals surface area contributed by atoms with Gasteiger partial charge in [-0.1, -0.05) is 50.6 Å². The standard InChI is InChI=1S/C23H32ClNO3/c1-15(2)28-20-13-16(24)12-18(21(20)25-14-23(3,4)5)22(27-7)17-10-8-9-11-19(17)26-6/h8-13,15,22,25H,14H2,1-7H3/t22-/m1/s1. The quantitative estimate of drug-likeness (QED) is 0.557. The van der Waals surface area contributed by atoms with Gasteiger partial charge in [-0.2, -0.15) is 0 Å². The van der Waals surface area contributed by atoms with Gasteiger partial charge in [0.2, 0.25) is 0 Å². The number of halogens is 1. The molecule has 0 unspecified atom stereocenters. The number of para-hydroxylation sites is 1. The molecule has 0 saturated heterocycles. The van der Waals surface area contributed by atoms with Gasteiger partial charge in [-0.3, -0.25) is 0 Å². The van der Waals surface area contributed by atoms with Crippen LogP contribution in [0.1, 0.15) is 51.8 Å². The number of methoxy groups -OCH3 is 2. The molecule has 2 aromatic rings. The van der Waals surface area contributed by atoms with Gasteiger partial charge in [0.15, 0.2) is 0 Å². The molecule has 0 fully saturated rings. The molecular weight excluding hydrogens is 374 g/mol. The fraction of sp³-hybridized carbons (Fsp3) is 0.478. The number of nitrogens with one attached hydrogen (secondary N) is 1. The van der Waals surface area contributed by atoms with Crippen molar-refractivity contribution in [2.45, 2.75) is 46.8 Å². The summed E-state index contributed by atoms with van der Waals surface area (Å²) in [5, 5.41) is 4.17. The molecule has 0 heterocycles. The van der Waals surface area contributed by atoms with E-state index in [4.69, 9.17) is 25.8 Å². The van der Waals surface area contributed by atoms with E-state index in [0.717, 1.165) is 34.9 Å². The monoisotopic (exact) mass is 405 g/mol. The number of benzene rings is 2. The Morgan fingerprint density at radius 3 is 2.25 bits per heavy atom. The molecule has 28 heavy (non-hydrogen) atoms. The van der Waals surface area contributed by atoms with Gasteiger partial charge >= 0.3 is 0 Å². The Balaban J connectivity index is 2.63. The van der Waals surface area contributed by atoms with Crippen LogP contribution in [-0.2, 0) is 4.74 Å². The molecule has 154 valence electrons. The second-order valence-electron chi connectivity index (χ2n) is 8.31. The van der Waals surface area contributed by atoms with Crippen molar-refractivity contribution in [1.82, 2.24) is 0 Å². The van der Waals surface area contributed by atoms with Crippen molar-refractivity contribution in [2.75, 3.05) is 26.1 Å². The lowest BCUT2D eigenvalue weighted by Gasteiger charge is -2.27. The molecule has 2 rings (SSSR count). The Hall–Kier alpha value is -1.91. The van der Waals surface area contributed by atoms with Crippen LogP contribution in [0.2, 0.25) is 5.02 Å². The van der Waals surface area contributed by atoms with Crippen LogP contribution < -0.4 is 14.8 Å². The van der Waals surface area contributed by atoms with Gasteiger partial charge in [-0.05, 0) is 31.4 Å². The third-order valence-corrected chi connectivity index (χ3v) is 4.41. The number of anilines is 1. The summed E-state index contributed by atoms with van der Waals surface area (Å²) in [5.74, 6) is 1.49. The van der Waals surface area contributed by atoms with Crippen molar-refractivity contribution >= 4 is 17.3 Å². The first-order valence-electron chi connectivity index (χ1n) is 9.56. The summed E-state index contributed by atoms with van der Waals surface area (Å²) < 4.78 is 17.6. The Labute approximate surface area is 174 Å². The Morgan fingerprint density at radius 2 is 1.68 bits per heavy atom. The zero-order chi connectivity index (χ0) is 20.9. The van der Waals surface area contributed by atoms with E-state index in [1.807, 2.05) is 50.2 Å². The molecule has 0 aliphatic carbocycles. The minimum absolute atomic E-state index is 0.0220. The van der Waals surface area contributed by atoms with E-state index in [-0.39, 0.29) is 17.6 Å². The molecule has 0 bridgehead atoms. The van der Waals surface area contributed by atoms with Gasteiger partial charge in [0.25, 0.3) is 0 Å². The number of ether oxygens (including phenoxy) is 3. The van der Waals surface area contributed by atoms with Gasteiger partial charge < -0.3 is 19.5 Å². The zero-order valence-electron chi connectivity index (χ0n) is 17.9. The van der Waals surface area contributed by atoms with E-state index < -0.39 is 0 Å². The highest BCUT2D eigenvalue weighted by atomic mass is 35.5. The normalized spacial score (nSPS) is 12.8. The Morgan fingerprint density at radius 1 is 1.00 bits per heavy atom. The van der Waals surface area contributed by atoms with Crippen LogP contribution >= 0.6 is 11.6 Å². The van der Waals surface area contributed by atoms with Gasteiger partial charge in [-0.15, -0.1) is 0 Å². The van der Waals surface area contributed by atoms with E-state index in [1.165, 1.54) is 0 Å². The van der Waals surface area contributed by atoms with Gasteiger partial charge in [-0.25, -0.2) is 0 Å². The van der Waals surface area contributed by atoms with Gasteiger partial charge in [0.1, 0.15) is 17.6 Å². The summed E-state index contributed by atoms with van der Waals surface area (Å²) >= 11 is 6.46. The molecule has 0 amide bonds. The maximum atomic E-state index is 6.46. The van der Waals surface area contributed by atoms with Crippen molar-refractivity contribution in [1.29, 1.82) is 0 Å². The maximum Gasteiger partial charge on any atom is 0.144 e. The Kier molecular flexibility index (Phi) is 7.62.